The van der Waals surface area contributed by atoms with Gasteiger partial charge in [-0.1, -0.05) is 54.4 Å². The lowest BCUT2D eigenvalue weighted by Gasteiger charge is -2.07. The summed E-state index contributed by atoms with van der Waals surface area (Å²) in [6.45, 7) is 12.4. The molecule has 0 spiro atoms. The number of hydrogen-bond donors (Lipinski definition) is 2. The fourth-order valence-electron chi connectivity index (χ4n) is 3.49. The molecule has 35 heavy (non-hydrogen) atoms. The second-order valence-electron chi connectivity index (χ2n) is 7.71. The minimum absolute atomic E-state index is 0.209. The summed E-state index contributed by atoms with van der Waals surface area (Å²) in [5, 5.41) is 11.2. The summed E-state index contributed by atoms with van der Waals surface area (Å²) in [7, 11) is 3.43. The van der Waals surface area contributed by atoms with Crippen molar-refractivity contribution in [3.8, 4) is 11.3 Å². The molecule has 4 aromatic heterocycles. The van der Waals surface area contributed by atoms with E-state index in [1.807, 2.05) is 53.1 Å². The van der Waals surface area contributed by atoms with Gasteiger partial charge < -0.3 is 15.2 Å². The Morgan fingerprint density at radius 2 is 1.77 bits per heavy atom. The zero-order valence-corrected chi connectivity index (χ0v) is 22.5. The van der Waals surface area contributed by atoms with Crippen molar-refractivity contribution in [1.82, 2.24) is 29.5 Å². The van der Waals surface area contributed by atoms with Crippen molar-refractivity contribution in [2.75, 3.05) is 19.4 Å². The lowest BCUT2D eigenvalue weighted by atomic mass is 10.1. The van der Waals surface area contributed by atoms with E-state index in [0.717, 1.165) is 28.1 Å². The molecule has 1 aliphatic carbocycles. The molecule has 5 rings (SSSR count). The summed E-state index contributed by atoms with van der Waals surface area (Å²) in [5.74, 6) is 0.556. The Morgan fingerprint density at radius 1 is 1.09 bits per heavy atom. The van der Waals surface area contributed by atoms with Crippen LogP contribution in [0.1, 0.15) is 83.6 Å². The highest BCUT2D eigenvalue weighted by molar-refractivity contribution is 6.00. The third kappa shape index (κ3) is 5.99. The van der Waals surface area contributed by atoms with Gasteiger partial charge in [-0.25, -0.2) is 9.97 Å². The number of anilines is 1. The summed E-state index contributed by atoms with van der Waals surface area (Å²) >= 11 is 0. The first-order valence-corrected chi connectivity index (χ1v) is 12.9. The van der Waals surface area contributed by atoms with Crippen LogP contribution in [0.3, 0.4) is 0 Å². The maximum atomic E-state index is 12.2. The second-order valence-corrected chi connectivity index (χ2v) is 7.71. The van der Waals surface area contributed by atoms with E-state index in [1.165, 1.54) is 25.7 Å². The topological polar surface area (TPSA) is 89.1 Å². The van der Waals surface area contributed by atoms with E-state index in [2.05, 4.69) is 51.4 Å². The van der Waals surface area contributed by atoms with E-state index in [9.17, 15) is 4.79 Å². The highest BCUT2D eigenvalue weighted by atomic mass is 16.1. The quantitative estimate of drug-likeness (QED) is 0.349. The number of aromatic nitrogens is 5. The van der Waals surface area contributed by atoms with Crippen LogP contribution in [0.2, 0.25) is 0 Å². The molecule has 8 heteroatoms. The second kappa shape index (κ2) is 13.5. The van der Waals surface area contributed by atoms with Crippen molar-refractivity contribution >= 4 is 28.4 Å². The highest BCUT2D eigenvalue weighted by Gasteiger charge is 2.27. The van der Waals surface area contributed by atoms with Gasteiger partial charge in [-0.3, -0.25) is 4.79 Å². The van der Waals surface area contributed by atoms with Crippen LogP contribution < -0.4 is 10.6 Å². The van der Waals surface area contributed by atoms with Gasteiger partial charge in [0.15, 0.2) is 5.65 Å². The van der Waals surface area contributed by atoms with Gasteiger partial charge in [-0.2, -0.15) is 9.61 Å². The predicted molar refractivity (Wildman–Crippen MR) is 146 cm³/mol. The molecule has 1 fully saturated rings. The first kappa shape index (κ1) is 27.8. The van der Waals surface area contributed by atoms with Gasteiger partial charge in [0.2, 0.25) is 0 Å². The van der Waals surface area contributed by atoms with E-state index in [1.54, 1.807) is 17.8 Å². The fraction of sp³-hybridized carbons (Fsp3) is 0.481. The molecule has 0 bridgehead atoms. The van der Waals surface area contributed by atoms with Gasteiger partial charge in [0.1, 0.15) is 17.0 Å². The van der Waals surface area contributed by atoms with Crippen LogP contribution in [-0.4, -0.2) is 44.2 Å². The van der Waals surface area contributed by atoms with Crippen molar-refractivity contribution in [3.63, 3.8) is 0 Å². The first-order chi connectivity index (χ1) is 17.1. The molecule has 4 aromatic rings. The average Bonchev–Trinajstić information content (AvgIpc) is 3.57. The van der Waals surface area contributed by atoms with Gasteiger partial charge in [0.05, 0.1) is 11.9 Å². The zero-order valence-electron chi connectivity index (χ0n) is 22.5. The van der Waals surface area contributed by atoms with Gasteiger partial charge in [0, 0.05) is 49.5 Å². The molecule has 0 radical (unpaired) electrons. The molecule has 1 aliphatic rings. The lowest BCUT2D eigenvalue weighted by Crippen LogP contribution is -2.17. The summed E-state index contributed by atoms with van der Waals surface area (Å²) in [5.41, 5.74) is 3.73. The third-order valence-electron chi connectivity index (χ3n) is 5.51. The van der Waals surface area contributed by atoms with Crippen LogP contribution in [0.5, 0.6) is 0 Å². The van der Waals surface area contributed by atoms with Crippen molar-refractivity contribution in [3.05, 3.63) is 42.4 Å². The van der Waals surface area contributed by atoms with Crippen LogP contribution in [0.4, 0.5) is 5.82 Å². The highest BCUT2D eigenvalue weighted by Crippen LogP contribution is 2.40. The van der Waals surface area contributed by atoms with Crippen molar-refractivity contribution < 1.29 is 4.79 Å². The maximum absolute atomic E-state index is 12.2. The van der Waals surface area contributed by atoms with Crippen LogP contribution in [-0.2, 0) is 0 Å². The van der Waals surface area contributed by atoms with E-state index in [0.29, 0.717) is 17.3 Å². The van der Waals surface area contributed by atoms with Gasteiger partial charge in [-0.15, -0.1) is 0 Å². The molecular weight excluding hydrogens is 438 g/mol. The first-order valence-electron chi connectivity index (χ1n) is 12.9. The summed E-state index contributed by atoms with van der Waals surface area (Å²) in [6.07, 6.45) is 10.5. The number of carbonyl (C=O) groups is 1. The smallest absolute Gasteiger partial charge is 0.256 e. The molecule has 0 atom stereocenters. The number of fused-ring (bicyclic) bond motifs is 2. The zero-order chi connectivity index (χ0) is 26.0. The molecule has 0 aliphatic heterocycles. The van der Waals surface area contributed by atoms with Crippen molar-refractivity contribution in [2.24, 2.45) is 0 Å². The number of hydrogen-bond acceptors (Lipinski definition) is 5. The Morgan fingerprint density at radius 3 is 2.34 bits per heavy atom. The Bertz CT molecular complexity index is 1220. The molecule has 2 N–H and O–H groups in total. The number of carbonyl (C=O) groups excluding carboxylic acids is 1. The normalized spacial score (nSPS) is 12.0. The van der Waals surface area contributed by atoms with E-state index in [4.69, 9.17) is 4.98 Å². The van der Waals surface area contributed by atoms with Gasteiger partial charge >= 0.3 is 0 Å². The molecule has 1 amide bonds. The number of nitrogens with one attached hydrogen (secondary N) is 2. The van der Waals surface area contributed by atoms with Crippen LogP contribution in [0, 0.1) is 0 Å². The van der Waals surface area contributed by atoms with Gasteiger partial charge in [0.25, 0.3) is 5.91 Å². The Hall–Kier alpha value is -3.42. The van der Waals surface area contributed by atoms with E-state index >= 15 is 0 Å². The summed E-state index contributed by atoms with van der Waals surface area (Å²) in [4.78, 5) is 21.6. The Labute approximate surface area is 209 Å². The number of pyridine rings is 1. The third-order valence-corrected chi connectivity index (χ3v) is 5.51. The average molecular weight is 480 g/mol. The SMILES string of the molecule is CC.CC.CCCC.CNC(=O)c1cnn2c(NC)cc(-c3cn(C4CC4)c4ncccc34)nc12. The minimum atomic E-state index is -0.209. The molecular formula is C27H41N7O. The summed E-state index contributed by atoms with van der Waals surface area (Å²) < 4.78 is 3.89. The number of unbranched alkanes of at least 4 members (excludes halogenated alkanes) is 1. The largest absolute Gasteiger partial charge is 0.373 e. The molecule has 0 aromatic carbocycles. The molecule has 0 unspecified atom stereocenters. The molecule has 190 valence electrons. The number of amides is 1. The number of nitrogens with zero attached hydrogens (tertiary/aromatic N) is 5. The summed E-state index contributed by atoms with van der Waals surface area (Å²) in [6, 6.07) is 6.47. The maximum Gasteiger partial charge on any atom is 0.256 e. The lowest BCUT2D eigenvalue weighted by molar-refractivity contribution is 0.0964. The standard InChI is InChI=1S/C19H19N7O.C4H10.2C2H6/c1-20-16-8-15(24-18-13(19(27)21-2)9-23-26(16)18)14-10-25(11-5-6-11)17-12(14)4-3-7-22-17;1-3-4-2;2*1-2/h3-4,7-11,20H,5-6H2,1-2H3,(H,21,27);3-4H2,1-2H3;2*1-2H3. The molecule has 0 saturated heterocycles. The van der Waals surface area contributed by atoms with Gasteiger partial charge in [-0.05, 0) is 25.0 Å². The van der Waals surface area contributed by atoms with Crippen LogP contribution in [0.15, 0.2) is 36.8 Å². The van der Waals surface area contributed by atoms with Crippen molar-refractivity contribution in [1.29, 1.82) is 0 Å². The molecule has 8 nitrogen and oxygen atoms in total. The number of rotatable bonds is 5. The van der Waals surface area contributed by atoms with E-state index < -0.39 is 0 Å². The predicted octanol–water partition coefficient (Wildman–Crippen LogP) is 6.34. The Kier molecular flexibility index (Phi) is 10.7. The van der Waals surface area contributed by atoms with E-state index in [-0.39, 0.29) is 5.91 Å². The van der Waals surface area contributed by atoms with Crippen LogP contribution in [0.25, 0.3) is 27.9 Å². The van der Waals surface area contributed by atoms with Crippen molar-refractivity contribution in [2.45, 2.75) is 73.3 Å². The minimum Gasteiger partial charge on any atom is -0.373 e. The molecule has 1 saturated carbocycles. The molecule has 4 heterocycles. The monoisotopic (exact) mass is 479 g/mol. The fourth-order valence-corrected chi connectivity index (χ4v) is 3.49. The Balaban J connectivity index is 0.000000484. The van der Waals surface area contributed by atoms with Crippen LogP contribution >= 0.6 is 0 Å².